The first-order valence-electron chi connectivity index (χ1n) is 18.8. The molecule has 2 saturated carbocycles. The maximum absolute atomic E-state index is 10.8. The van der Waals surface area contributed by atoms with Crippen molar-refractivity contribution >= 4 is 77.6 Å². The Kier molecular flexibility index (Phi) is 81.8. The van der Waals surface area contributed by atoms with Gasteiger partial charge in [0.1, 0.15) is 5.71 Å². The summed E-state index contributed by atoms with van der Waals surface area (Å²) in [4.78, 5) is 0. The Morgan fingerprint density at radius 2 is 0.758 bits per heavy atom. The van der Waals surface area contributed by atoms with Gasteiger partial charge in [-0.2, -0.15) is 0 Å². The first-order chi connectivity index (χ1) is 27.4. The zero-order valence-corrected chi connectivity index (χ0v) is 63.9. The van der Waals surface area contributed by atoms with Gasteiger partial charge in [-0.3, -0.25) is 0 Å². The van der Waals surface area contributed by atoms with Crippen molar-refractivity contribution in [1.82, 2.24) is 0 Å². The van der Waals surface area contributed by atoms with E-state index >= 15 is 0 Å². The summed E-state index contributed by atoms with van der Waals surface area (Å²) in [7, 11) is 28.0. The van der Waals surface area contributed by atoms with E-state index in [2.05, 4.69) is 20.2 Å². The van der Waals surface area contributed by atoms with Crippen molar-refractivity contribution in [2.75, 3.05) is 13.2 Å². The molecule has 0 amide bonds. The summed E-state index contributed by atoms with van der Waals surface area (Å²) < 4.78 is 16.2. The van der Waals surface area contributed by atoms with Crippen molar-refractivity contribution < 1.29 is 317 Å². The third kappa shape index (κ3) is 36.3. The van der Waals surface area contributed by atoms with Gasteiger partial charge in [-0.15, -0.1) is 0 Å². The maximum atomic E-state index is 10.8. The summed E-state index contributed by atoms with van der Waals surface area (Å²) in [5.41, 5.74) is 9.58. The molecule has 0 bridgehead atoms. The van der Waals surface area contributed by atoms with Crippen LogP contribution in [0.25, 0.3) is 22.3 Å². The van der Waals surface area contributed by atoms with Gasteiger partial charge < -0.3 is 45.0 Å². The van der Waals surface area contributed by atoms with E-state index in [-0.39, 0.29) is 291 Å². The quantitative estimate of drug-likeness (QED) is 0.0677. The number of benzene rings is 4. The van der Waals surface area contributed by atoms with Crippen LogP contribution in [-0.4, -0.2) is 32.4 Å². The van der Waals surface area contributed by atoms with Gasteiger partial charge >= 0.3 is 354 Å². The molecule has 0 spiro atoms. The molecule has 0 aliphatic heterocycles. The Labute approximate surface area is 644 Å². The van der Waals surface area contributed by atoms with Gasteiger partial charge in [-0.05, 0) is 45.9 Å². The molecular formula is C42H59Cl5K5LiN2O3P2Ti2+4. The van der Waals surface area contributed by atoms with Gasteiger partial charge in [0, 0.05) is 35.5 Å². The molecule has 4 aliphatic carbocycles. The molecule has 0 heterocycles. The van der Waals surface area contributed by atoms with E-state index in [0.717, 1.165) is 67.6 Å². The van der Waals surface area contributed by atoms with E-state index in [1.807, 2.05) is 111 Å². The van der Waals surface area contributed by atoms with Crippen LogP contribution < -0.4 is 276 Å². The first-order valence-corrected chi connectivity index (χ1v) is 28.3. The third-order valence-corrected chi connectivity index (χ3v) is 8.41. The summed E-state index contributed by atoms with van der Waals surface area (Å²) >= 11 is -2.47. The molecule has 0 radical (unpaired) electrons. The average Bonchev–Trinajstić information content (AvgIpc) is 4.09. The van der Waals surface area contributed by atoms with Crippen molar-refractivity contribution in [3.63, 3.8) is 0 Å². The summed E-state index contributed by atoms with van der Waals surface area (Å²) in [6.45, 7) is 5.67. The van der Waals surface area contributed by atoms with E-state index in [1.165, 1.54) is 64.2 Å². The number of nitrogens with zero attached hydrogens (tertiary/aromatic N) is 2. The van der Waals surface area contributed by atoms with Gasteiger partial charge in [-0.1, -0.05) is 166 Å². The van der Waals surface area contributed by atoms with Crippen LogP contribution in [0, 0.1) is 20.1 Å². The fraction of sp³-hybridized carbons (Fsp3) is 0.333. The van der Waals surface area contributed by atoms with Crippen LogP contribution in [0.5, 0.6) is 0 Å². The minimum Gasteiger partial charge on any atom is -0.791 e. The molecule has 0 aromatic heterocycles. The smallest absolute Gasteiger partial charge is 0.791 e. The molecule has 1 N–H and O–H groups in total. The molecule has 5 nitrogen and oxygen atoms in total. The van der Waals surface area contributed by atoms with Crippen LogP contribution in [-0.2, 0) is 36.5 Å². The molecule has 4 aromatic carbocycles. The van der Waals surface area contributed by atoms with E-state index < -0.39 is 31.7 Å². The number of rotatable bonds is 2. The second-order valence-electron chi connectivity index (χ2n) is 11.7. The number of hydrogen-bond acceptors (Lipinski definition) is 5. The zero-order valence-electron chi connectivity index (χ0n) is 41.0. The fourth-order valence-electron chi connectivity index (χ4n) is 6.17. The van der Waals surface area contributed by atoms with Gasteiger partial charge in [0.25, 0.3) is 1.28 Å². The van der Waals surface area contributed by atoms with Gasteiger partial charge in [0.2, 0.25) is 0 Å². The fourth-order valence-corrected chi connectivity index (χ4v) is 6.17. The Bertz CT molecular complexity index is 1460. The maximum Gasteiger partial charge on any atom is 1.00 e. The van der Waals surface area contributed by atoms with Crippen LogP contribution in [0.2, 0.25) is 0 Å². The van der Waals surface area contributed by atoms with E-state index in [9.17, 15) is 5.21 Å². The van der Waals surface area contributed by atoms with Gasteiger partial charge in [0.05, 0.1) is 5.71 Å². The van der Waals surface area contributed by atoms with Crippen LogP contribution in [0.3, 0.4) is 0 Å². The summed E-state index contributed by atoms with van der Waals surface area (Å²) in [6.07, 6.45) is 15.0. The molecule has 8 rings (SSSR count). The Balaban J connectivity index is -0.0000000822. The normalized spacial score (nSPS) is 11.4. The Morgan fingerprint density at radius 1 is 0.581 bits per heavy atom. The molecule has 1 unspecified atom stereocenters. The second kappa shape index (κ2) is 60.2. The molecule has 310 valence electrons. The van der Waals surface area contributed by atoms with Gasteiger partial charge in [0.15, 0.2) is 0 Å². The summed E-state index contributed by atoms with van der Waals surface area (Å²) in [5, 5.41) is 26.4. The predicted octanol–water partition coefficient (Wildman–Crippen LogP) is -2.68. The number of fused-ring (bicyclic) bond motifs is 6. The largest absolute Gasteiger partial charge is 1.00 e. The SMILES string of the molecule is C1CCCC1.C1CCCC1.CCOCC.ON=C1c2ccccc2-c2ccccc21.[3H][PH-].[3H][PH3+].[CH3-].[CH3-].[Cl][Ti+]([Cl])[Cl].[Cl][Ti][Cl].[K+].[K+].[K+].[K+].[K+].[Li+].[O-]N=C1c2ccccc2-c2ccccc21. The minimum atomic E-state index is -1.92. The van der Waals surface area contributed by atoms with Gasteiger partial charge in [-0.25, -0.2) is 1.28 Å². The Hall–Kier alpha value is 8.30. The Morgan fingerprint density at radius 3 is 0.903 bits per heavy atom. The number of hydrogen-bond donors (Lipinski definition) is 1. The molecule has 4 aliphatic rings. The monoisotopic (exact) mass is 1180 g/mol. The molecule has 4 aromatic rings. The summed E-state index contributed by atoms with van der Waals surface area (Å²) in [6, 6.07) is 31.7. The molecular weight excluding hydrogens is 1120 g/mol. The van der Waals surface area contributed by atoms with Crippen LogP contribution in [0.1, 0.15) is 100 Å². The van der Waals surface area contributed by atoms with E-state index in [0.29, 0.717) is 11.4 Å². The second-order valence-corrected chi connectivity index (χ2v) is 22.0. The van der Waals surface area contributed by atoms with Crippen molar-refractivity contribution in [3.05, 3.63) is 139 Å². The zero-order chi connectivity index (χ0) is 42.0. The van der Waals surface area contributed by atoms with Crippen molar-refractivity contribution in [2.24, 2.45) is 10.3 Å². The summed E-state index contributed by atoms with van der Waals surface area (Å²) in [5.74, 6) is 0. The number of ether oxygens (including phenoxy) is 1. The van der Waals surface area contributed by atoms with Crippen LogP contribution in [0.15, 0.2) is 107 Å². The molecule has 2 fully saturated rings. The van der Waals surface area contributed by atoms with Crippen LogP contribution in [0.4, 0.5) is 0 Å². The predicted molar refractivity (Wildman–Crippen MR) is 253 cm³/mol. The first kappa shape index (κ1) is 84.3. The average molecular weight is 1180 g/mol. The third-order valence-electron chi connectivity index (χ3n) is 8.41. The molecule has 62 heavy (non-hydrogen) atoms. The van der Waals surface area contributed by atoms with E-state index in [1.54, 1.807) is 0 Å². The number of oxime groups is 1. The van der Waals surface area contributed by atoms with Crippen molar-refractivity contribution in [2.45, 2.75) is 78.1 Å². The molecule has 0 saturated heterocycles. The minimum absolute atomic E-state index is 0. The van der Waals surface area contributed by atoms with Crippen molar-refractivity contribution in [1.29, 1.82) is 2.56 Å². The van der Waals surface area contributed by atoms with Crippen LogP contribution >= 0.6 is 66.2 Å². The standard InChI is InChI=1S/2C13H9NO.2C5H10.C4H10O.2CH3.5ClH.5K.Li.H3P.H2P.2Ti/c2*15-14-13-11-7-3-1-5-9(11)10-6-2-4-8-12(10)13;2*1-2-4-5-3-1;1-3-5-4-2;;;;;;;;;;;;;;;;;/h2*1-8,15H;2*1-5H2;3-4H2,1-2H3;2*1H3;5*1H;;;;;;;1H3;1H2;;/q;;;;;2*-1;;;;;;6*+1;;-1;+2;+4/p-5/i;;;;;;;;;;;;;;;;;;2*1T;;. The molecule has 20 heteroatoms. The van der Waals surface area contributed by atoms with Crippen molar-refractivity contribution in [3.8, 4) is 22.3 Å². The molecule has 1 atom stereocenters. The van der Waals surface area contributed by atoms with E-state index in [4.69, 9.17) is 59.0 Å². The topological polar surface area (TPSA) is 77.2 Å². The number of halogens is 5.